The van der Waals surface area contributed by atoms with E-state index in [0.29, 0.717) is 6.04 Å². The minimum Gasteiger partial charge on any atom is -0.371 e. The van der Waals surface area contributed by atoms with Crippen LogP contribution in [0, 0.1) is 0 Å². The molecule has 0 aromatic rings. The summed E-state index contributed by atoms with van der Waals surface area (Å²) in [6, 6.07) is 0.333. The molecule has 0 radical (unpaired) electrons. The lowest BCUT2D eigenvalue weighted by Crippen LogP contribution is -2.40. The Kier molecular flexibility index (Phi) is 6.06. The lowest BCUT2D eigenvalue weighted by Gasteiger charge is -2.22. The van der Waals surface area contributed by atoms with Gasteiger partial charge in [0.05, 0.1) is 0 Å². The van der Waals surface area contributed by atoms with Gasteiger partial charge in [-0.3, -0.25) is 4.79 Å². The smallest absolute Gasteiger partial charge is 0.321 e. The monoisotopic (exact) mass is 194 g/mol. The van der Waals surface area contributed by atoms with Crippen LogP contribution in [-0.4, -0.2) is 25.1 Å². The zero-order valence-electron chi connectivity index (χ0n) is 7.13. The minimum absolute atomic E-state index is 0. The number of carbonyl (C=O) groups excluding carboxylic acids is 1. The fraction of sp³-hybridized carbons (Fsp3) is 0.857. The molecule has 12 heavy (non-hydrogen) atoms. The van der Waals surface area contributed by atoms with E-state index in [1.807, 2.05) is 0 Å². The Labute approximate surface area is 78.4 Å². The third-order valence-electron chi connectivity index (χ3n) is 1.71. The van der Waals surface area contributed by atoms with Crippen LogP contribution in [0.2, 0.25) is 0 Å². The van der Waals surface area contributed by atoms with Crippen LogP contribution >= 0.6 is 12.4 Å². The predicted molar refractivity (Wildman–Crippen MR) is 48.0 cm³/mol. The summed E-state index contributed by atoms with van der Waals surface area (Å²) in [6.07, 6.45) is 2.04. The first-order chi connectivity index (χ1) is 5.29. The molecule has 0 unspecified atom stereocenters. The van der Waals surface area contributed by atoms with Gasteiger partial charge in [0.1, 0.15) is 0 Å². The van der Waals surface area contributed by atoms with E-state index in [-0.39, 0.29) is 18.4 Å². The number of hydrogen-bond donors (Lipinski definition) is 2. The predicted octanol–water partition coefficient (Wildman–Crippen LogP) is 0.228. The number of hydrogen-bond acceptors (Lipinski definition) is 4. The lowest BCUT2D eigenvalue weighted by atomic mass is 10.1. The SMILES string of the molecule is CC(=O)ONC1CCNCC1.Cl. The molecule has 1 saturated heterocycles. The van der Waals surface area contributed by atoms with E-state index in [2.05, 4.69) is 15.6 Å². The van der Waals surface area contributed by atoms with Crippen molar-refractivity contribution in [3.63, 3.8) is 0 Å². The molecule has 1 aliphatic heterocycles. The number of hydroxylamine groups is 1. The van der Waals surface area contributed by atoms with Crippen LogP contribution in [-0.2, 0) is 9.63 Å². The van der Waals surface area contributed by atoms with E-state index < -0.39 is 0 Å². The third kappa shape index (κ3) is 4.54. The largest absolute Gasteiger partial charge is 0.371 e. The van der Waals surface area contributed by atoms with Crippen LogP contribution < -0.4 is 10.8 Å². The summed E-state index contributed by atoms with van der Waals surface area (Å²) in [6.45, 7) is 3.39. The first kappa shape index (κ1) is 11.7. The highest BCUT2D eigenvalue weighted by atomic mass is 35.5. The van der Waals surface area contributed by atoms with Crippen molar-refractivity contribution in [1.29, 1.82) is 0 Å². The van der Waals surface area contributed by atoms with Crippen LogP contribution in [0.1, 0.15) is 19.8 Å². The Morgan fingerprint density at radius 1 is 1.50 bits per heavy atom. The average Bonchev–Trinajstić information content (AvgIpc) is 2.03. The summed E-state index contributed by atoms with van der Waals surface area (Å²) in [5, 5.41) is 3.22. The second kappa shape index (κ2) is 6.22. The van der Waals surface area contributed by atoms with Crippen molar-refractivity contribution in [3.05, 3.63) is 0 Å². The van der Waals surface area contributed by atoms with Crippen molar-refractivity contribution >= 4 is 18.4 Å². The van der Waals surface area contributed by atoms with Crippen LogP contribution in [0.15, 0.2) is 0 Å². The zero-order valence-corrected chi connectivity index (χ0v) is 7.95. The van der Waals surface area contributed by atoms with Crippen molar-refractivity contribution < 1.29 is 9.63 Å². The Morgan fingerprint density at radius 2 is 2.08 bits per heavy atom. The van der Waals surface area contributed by atoms with Gasteiger partial charge in [-0.1, -0.05) is 0 Å². The molecule has 5 heteroatoms. The fourth-order valence-corrected chi connectivity index (χ4v) is 1.11. The van der Waals surface area contributed by atoms with Gasteiger partial charge < -0.3 is 10.2 Å². The Bertz CT molecular complexity index is 137. The molecule has 0 amide bonds. The molecule has 4 nitrogen and oxygen atoms in total. The second-order valence-corrected chi connectivity index (χ2v) is 2.74. The Hall–Kier alpha value is -0.320. The number of carbonyl (C=O) groups is 1. The molecule has 0 atom stereocenters. The van der Waals surface area contributed by atoms with Gasteiger partial charge in [-0.05, 0) is 25.9 Å². The Balaban J connectivity index is 0.00000121. The van der Waals surface area contributed by atoms with E-state index in [9.17, 15) is 4.79 Å². The van der Waals surface area contributed by atoms with E-state index in [0.717, 1.165) is 25.9 Å². The highest BCUT2D eigenvalue weighted by Gasteiger charge is 2.12. The zero-order chi connectivity index (χ0) is 8.10. The van der Waals surface area contributed by atoms with Crippen molar-refractivity contribution in [2.45, 2.75) is 25.8 Å². The Morgan fingerprint density at radius 3 is 2.58 bits per heavy atom. The molecular formula is C7H15ClN2O2. The molecule has 0 aromatic carbocycles. The quantitative estimate of drug-likeness (QED) is 0.618. The van der Waals surface area contributed by atoms with Gasteiger partial charge in [-0.15, -0.1) is 17.9 Å². The number of rotatable bonds is 2. The number of piperidine rings is 1. The molecule has 1 heterocycles. The topological polar surface area (TPSA) is 50.4 Å². The average molecular weight is 195 g/mol. The molecule has 2 N–H and O–H groups in total. The fourth-order valence-electron chi connectivity index (χ4n) is 1.11. The van der Waals surface area contributed by atoms with Crippen molar-refractivity contribution in [1.82, 2.24) is 10.8 Å². The molecule has 0 spiro atoms. The van der Waals surface area contributed by atoms with Crippen molar-refractivity contribution in [2.24, 2.45) is 0 Å². The van der Waals surface area contributed by atoms with E-state index in [1.165, 1.54) is 6.92 Å². The van der Waals surface area contributed by atoms with Crippen LogP contribution in [0.3, 0.4) is 0 Å². The summed E-state index contributed by atoms with van der Waals surface area (Å²) >= 11 is 0. The molecule has 1 aliphatic rings. The number of nitrogens with one attached hydrogen (secondary N) is 2. The maximum absolute atomic E-state index is 10.4. The molecule has 1 rings (SSSR count). The summed E-state index contributed by atoms with van der Waals surface area (Å²) in [4.78, 5) is 15.1. The summed E-state index contributed by atoms with van der Waals surface area (Å²) in [5.41, 5.74) is 2.73. The second-order valence-electron chi connectivity index (χ2n) is 2.74. The molecule has 0 aromatic heterocycles. The van der Waals surface area contributed by atoms with Gasteiger partial charge in [-0.2, -0.15) is 0 Å². The highest BCUT2D eigenvalue weighted by molar-refractivity contribution is 5.85. The maximum Gasteiger partial charge on any atom is 0.321 e. The molecular weight excluding hydrogens is 180 g/mol. The van der Waals surface area contributed by atoms with Crippen molar-refractivity contribution in [3.8, 4) is 0 Å². The summed E-state index contributed by atoms with van der Waals surface area (Å²) in [5.74, 6) is -0.275. The summed E-state index contributed by atoms with van der Waals surface area (Å²) in [7, 11) is 0. The van der Waals surface area contributed by atoms with Crippen LogP contribution in [0.5, 0.6) is 0 Å². The standard InChI is InChI=1S/C7H14N2O2.ClH/c1-6(10)11-9-7-2-4-8-5-3-7;/h7-9H,2-5H2,1H3;1H. The number of halogens is 1. The van der Waals surface area contributed by atoms with Crippen LogP contribution in [0.25, 0.3) is 0 Å². The molecule has 1 fully saturated rings. The van der Waals surface area contributed by atoms with E-state index >= 15 is 0 Å². The van der Waals surface area contributed by atoms with Gasteiger partial charge in [0.2, 0.25) is 0 Å². The van der Waals surface area contributed by atoms with Gasteiger partial charge in [0.25, 0.3) is 0 Å². The lowest BCUT2D eigenvalue weighted by molar-refractivity contribution is -0.150. The van der Waals surface area contributed by atoms with E-state index in [1.54, 1.807) is 0 Å². The third-order valence-corrected chi connectivity index (χ3v) is 1.71. The van der Waals surface area contributed by atoms with Gasteiger partial charge in [-0.25, -0.2) is 0 Å². The van der Waals surface area contributed by atoms with Gasteiger partial charge >= 0.3 is 5.97 Å². The molecule has 0 bridgehead atoms. The normalized spacial score (nSPS) is 18.1. The molecule has 0 aliphatic carbocycles. The highest BCUT2D eigenvalue weighted by Crippen LogP contribution is 2.01. The van der Waals surface area contributed by atoms with Gasteiger partial charge in [0.15, 0.2) is 0 Å². The maximum atomic E-state index is 10.4. The molecule has 0 saturated carbocycles. The molecule has 72 valence electrons. The minimum atomic E-state index is -0.275. The summed E-state index contributed by atoms with van der Waals surface area (Å²) < 4.78 is 0. The van der Waals surface area contributed by atoms with E-state index in [4.69, 9.17) is 0 Å². The van der Waals surface area contributed by atoms with Gasteiger partial charge in [0, 0.05) is 13.0 Å². The van der Waals surface area contributed by atoms with Crippen molar-refractivity contribution in [2.75, 3.05) is 13.1 Å². The first-order valence-electron chi connectivity index (χ1n) is 3.92. The first-order valence-corrected chi connectivity index (χ1v) is 3.92. The van der Waals surface area contributed by atoms with Crippen LogP contribution in [0.4, 0.5) is 0 Å².